The molecule has 1 amide bonds. The quantitative estimate of drug-likeness (QED) is 0.744. The lowest BCUT2D eigenvalue weighted by molar-refractivity contribution is -0.116. The van der Waals surface area contributed by atoms with Gasteiger partial charge in [0, 0.05) is 5.69 Å². The molecule has 0 radical (unpaired) electrons. The summed E-state index contributed by atoms with van der Waals surface area (Å²) in [4.78, 5) is 14.5. The molecule has 0 aliphatic carbocycles. The Labute approximate surface area is 137 Å². The largest absolute Gasteiger partial charge is 0.307 e. The average molecular weight is 313 g/mol. The molecule has 0 saturated heterocycles. The van der Waals surface area contributed by atoms with E-state index in [1.54, 1.807) is 11.8 Å². The van der Waals surface area contributed by atoms with Gasteiger partial charge in [-0.1, -0.05) is 62.4 Å². The van der Waals surface area contributed by atoms with Crippen LogP contribution in [0.2, 0.25) is 0 Å². The summed E-state index contributed by atoms with van der Waals surface area (Å²) in [5.74, 6) is 2.32. The van der Waals surface area contributed by atoms with Gasteiger partial charge >= 0.3 is 0 Å². The second kappa shape index (κ2) is 8.64. The van der Waals surface area contributed by atoms with Crippen LogP contribution in [0.4, 0.5) is 5.69 Å². The van der Waals surface area contributed by atoms with Crippen molar-refractivity contribution in [3.8, 4) is 0 Å². The van der Waals surface area contributed by atoms with E-state index in [0.717, 1.165) is 17.0 Å². The molecule has 0 N–H and O–H groups in total. The molecule has 0 bridgehead atoms. The van der Waals surface area contributed by atoms with Crippen LogP contribution in [0.3, 0.4) is 0 Å². The smallest absolute Gasteiger partial charge is 0.237 e. The Morgan fingerprint density at radius 3 is 2.18 bits per heavy atom. The molecule has 22 heavy (non-hydrogen) atoms. The number of benzene rings is 2. The van der Waals surface area contributed by atoms with Crippen molar-refractivity contribution >= 4 is 23.4 Å². The summed E-state index contributed by atoms with van der Waals surface area (Å²) in [6, 6.07) is 20.0. The van der Waals surface area contributed by atoms with Crippen LogP contribution >= 0.6 is 11.8 Å². The molecule has 2 aromatic carbocycles. The number of rotatable bonds is 7. The van der Waals surface area contributed by atoms with E-state index in [9.17, 15) is 4.79 Å². The molecule has 0 aliphatic heterocycles. The van der Waals surface area contributed by atoms with Gasteiger partial charge in [0.15, 0.2) is 0 Å². The molecule has 0 aliphatic rings. The van der Waals surface area contributed by atoms with Gasteiger partial charge in [0.25, 0.3) is 0 Å². The van der Waals surface area contributed by atoms with E-state index >= 15 is 0 Å². The van der Waals surface area contributed by atoms with E-state index in [2.05, 4.69) is 26.0 Å². The number of hydrogen-bond donors (Lipinski definition) is 0. The van der Waals surface area contributed by atoms with E-state index in [1.807, 2.05) is 53.4 Å². The molecule has 3 heteroatoms. The van der Waals surface area contributed by atoms with Crippen molar-refractivity contribution < 1.29 is 4.79 Å². The zero-order valence-electron chi connectivity index (χ0n) is 13.2. The summed E-state index contributed by atoms with van der Waals surface area (Å²) in [6.45, 7) is 4.97. The van der Waals surface area contributed by atoms with E-state index in [4.69, 9.17) is 0 Å². The number of amides is 1. The van der Waals surface area contributed by atoms with Crippen molar-refractivity contribution in [3.63, 3.8) is 0 Å². The molecule has 2 nitrogen and oxygen atoms in total. The zero-order valence-corrected chi connectivity index (χ0v) is 14.1. The Morgan fingerprint density at radius 1 is 1.00 bits per heavy atom. The lowest BCUT2D eigenvalue weighted by Gasteiger charge is -2.23. The van der Waals surface area contributed by atoms with Crippen LogP contribution in [0.15, 0.2) is 60.7 Å². The van der Waals surface area contributed by atoms with E-state index < -0.39 is 0 Å². The first-order chi connectivity index (χ1) is 10.7. The van der Waals surface area contributed by atoms with Crippen molar-refractivity contribution in [1.29, 1.82) is 0 Å². The van der Waals surface area contributed by atoms with E-state index in [-0.39, 0.29) is 5.91 Å². The van der Waals surface area contributed by atoms with E-state index in [1.165, 1.54) is 0 Å². The van der Waals surface area contributed by atoms with Gasteiger partial charge in [0.1, 0.15) is 0 Å². The molecule has 116 valence electrons. The molecule has 0 spiro atoms. The van der Waals surface area contributed by atoms with Crippen molar-refractivity contribution in [2.75, 3.05) is 16.4 Å². The van der Waals surface area contributed by atoms with Gasteiger partial charge in [-0.05, 0) is 29.4 Å². The van der Waals surface area contributed by atoms with Crippen LogP contribution in [-0.4, -0.2) is 17.4 Å². The first kappa shape index (κ1) is 16.6. The molecule has 0 fully saturated rings. The molecule has 0 saturated carbocycles. The molecular formula is C19H23NOS. The van der Waals surface area contributed by atoms with Crippen LogP contribution in [0.1, 0.15) is 19.4 Å². The second-order valence-corrected chi connectivity index (χ2v) is 6.74. The summed E-state index contributed by atoms with van der Waals surface area (Å²) in [6.07, 6.45) is 0. The van der Waals surface area contributed by atoms with Crippen LogP contribution in [0.5, 0.6) is 0 Å². The minimum Gasteiger partial charge on any atom is -0.307 e. The van der Waals surface area contributed by atoms with Gasteiger partial charge in [-0.15, -0.1) is 0 Å². The highest BCUT2D eigenvalue weighted by atomic mass is 32.2. The third-order valence-corrected chi connectivity index (χ3v) is 4.58. The number of carbonyl (C=O) groups excluding carboxylic acids is 1. The molecule has 0 atom stereocenters. The summed E-state index contributed by atoms with van der Waals surface area (Å²) in [5.41, 5.74) is 2.11. The zero-order chi connectivity index (χ0) is 15.8. The van der Waals surface area contributed by atoms with Crippen LogP contribution in [0, 0.1) is 5.92 Å². The Morgan fingerprint density at radius 2 is 1.59 bits per heavy atom. The number of hydrogen-bond acceptors (Lipinski definition) is 2. The predicted octanol–water partition coefficient (Wildman–Crippen LogP) is 4.61. The van der Waals surface area contributed by atoms with Crippen molar-refractivity contribution in [3.05, 3.63) is 66.2 Å². The molecule has 2 aromatic rings. The topological polar surface area (TPSA) is 20.3 Å². The minimum atomic E-state index is 0.167. The van der Waals surface area contributed by atoms with Crippen molar-refractivity contribution in [1.82, 2.24) is 0 Å². The Bertz CT molecular complexity index is 569. The van der Waals surface area contributed by atoms with Crippen LogP contribution < -0.4 is 4.90 Å². The summed E-state index contributed by atoms with van der Waals surface area (Å²) in [7, 11) is 0. The monoisotopic (exact) mass is 313 g/mol. The van der Waals surface area contributed by atoms with Crippen molar-refractivity contribution in [2.24, 2.45) is 5.92 Å². The number of nitrogens with zero attached hydrogens (tertiary/aromatic N) is 1. The number of thioether (sulfide) groups is 1. The fourth-order valence-electron chi connectivity index (χ4n) is 2.16. The third kappa shape index (κ3) is 5.23. The molecule has 0 unspecified atom stereocenters. The normalized spacial score (nSPS) is 10.7. The number of carbonyl (C=O) groups is 1. The summed E-state index contributed by atoms with van der Waals surface area (Å²) < 4.78 is 0. The Kier molecular flexibility index (Phi) is 6.53. The van der Waals surface area contributed by atoms with Crippen LogP contribution in [-0.2, 0) is 11.3 Å². The van der Waals surface area contributed by atoms with Crippen molar-refractivity contribution in [2.45, 2.75) is 20.4 Å². The molecular weight excluding hydrogens is 290 g/mol. The highest BCUT2D eigenvalue weighted by molar-refractivity contribution is 7.99. The second-order valence-electron chi connectivity index (χ2n) is 5.71. The fraction of sp³-hybridized carbons (Fsp3) is 0.316. The summed E-state index contributed by atoms with van der Waals surface area (Å²) in [5, 5.41) is 0. The van der Waals surface area contributed by atoms with Gasteiger partial charge in [0.05, 0.1) is 12.3 Å². The summed E-state index contributed by atoms with van der Waals surface area (Å²) >= 11 is 1.71. The van der Waals surface area contributed by atoms with Gasteiger partial charge in [0.2, 0.25) is 5.91 Å². The lowest BCUT2D eigenvalue weighted by Crippen LogP contribution is -2.32. The number of anilines is 1. The number of para-hydroxylation sites is 1. The maximum Gasteiger partial charge on any atom is 0.237 e. The van der Waals surface area contributed by atoms with Gasteiger partial charge in [-0.25, -0.2) is 0 Å². The average Bonchev–Trinajstić information content (AvgIpc) is 2.54. The maximum absolute atomic E-state index is 12.6. The van der Waals surface area contributed by atoms with E-state index in [0.29, 0.717) is 18.2 Å². The minimum absolute atomic E-state index is 0.167. The first-order valence-corrected chi connectivity index (χ1v) is 8.79. The van der Waals surface area contributed by atoms with Gasteiger partial charge < -0.3 is 4.90 Å². The SMILES string of the molecule is CC(C)CSCC(=O)N(Cc1ccccc1)c1ccccc1. The molecule has 2 rings (SSSR count). The highest BCUT2D eigenvalue weighted by Crippen LogP contribution is 2.19. The molecule has 0 heterocycles. The fourth-order valence-corrected chi connectivity index (χ4v) is 3.08. The first-order valence-electron chi connectivity index (χ1n) is 7.64. The highest BCUT2D eigenvalue weighted by Gasteiger charge is 2.16. The maximum atomic E-state index is 12.6. The third-order valence-electron chi connectivity index (χ3n) is 3.23. The predicted molar refractivity (Wildman–Crippen MR) is 96.2 cm³/mol. The van der Waals surface area contributed by atoms with Gasteiger partial charge in [-0.2, -0.15) is 11.8 Å². The standard InChI is InChI=1S/C19H23NOS/c1-16(2)14-22-15-19(21)20(18-11-7-4-8-12-18)13-17-9-5-3-6-10-17/h3-12,16H,13-15H2,1-2H3. The Hall–Kier alpha value is -1.74. The van der Waals surface area contributed by atoms with Crippen LogP contribution in [0.25, 0.3) is 0 Å². The Balaban J connectivity index is 2.10. The molecule has 0 aromatic heterocycles. The lowest BCUT2D eigenvalue weighted by atomic mass is 10.2. The van der Waals surface area contributed by atoms with Gasteiger partial charge in [-0.3, -0.25) is 4.79 Å².